The molecule has 1 aromatic heterocycles. The predicted octanol–water partition coefficient (Wildman–Crippen LogP) is 1.41. The van der Waals surface area contributed by atoms with E-state index in [0.717, 1.165) is 10.1 Å². The molecule has 1 aliphatic rings. The smallest absolute Gasteiger partial charge is 0.311 e. The van der Waals surface area contributed by atoms with Crippen LogP contribution in [0.15, 0.2) is 69.3 Å². The number of nitrogens with one attached hydrogen (secondary N) is 2. The molecule has 1 atom stereocenters. The van der Waals surface area contributed by atoms with Gasteiger partial charge < -0.3 is 10.3 Å². The van der Waals surface area contributed by atoms with Gasteiger partial charge in [0.15, 0.2) is 0 Å². The van der Waals surface area contributed by atoms with Crippen molar-refractivity contribution in [2.24, 2.45) is 5.10 Å². The molecule has 0 fully saturated rings. The maximum atomic E-state index is 12.6. The van der Waals surface area contributed by atoms with E-state index in [4.69, 9.17) is 0 Å². The van der Waals surface area contributed by atoms with Gasteiger partial charge in [-0.25, -0.2) is 4.79 Å². The second-order valence-corrected chi connectivity index (χ2v) is 7.10. The van der Waals surface area contributed by atoms with Gasteiger partial charge in [-0.1, -0.05) is 42.5 Å². The molecule has 1 aliphatic heterocycles. The molecule has 0 unspecified atom stereocenters. The number of amidine groups is 1. The molecule has 0 saturated carbocycles. The maximum absolute atomic E-state index is 12.6. The van der Waals surface area contributed by atoms with Crippen molar-refractivity contribution in [2.75, 3.05) is 0 Å². The van der Waals surface area contributed by atoms with E-state index >= 15 is 0 Å². The summed E-state index contributed by atoms with van der Waals surface area (Å²) in [7, 11) is 0. The fourth-order valence-electron chi connectivity index (χ4n) is 3.40. The lowest BCUT2D eigenvalue weighted by Crippen LogP contribution is -2.42. The van der Waals surface area contributed by atoms with Crippen LogP contribution >= 0.6 is 0 Å². The lowest BCUT2D eigenvalue weighted by molar-refractivity contribution is -0.120. The fraction of sp³-hybridized carbons (Fsp3) is 0.238. The topological polar surface area (TPSA) is 99.6 Å². The minimum atomic E-state index is -0.615. The van der Waals surface area contributed by atoms with Crippen molar-refractivity contribution in [3.63, 3.8) is 0 Å². The van der Waals surface area contributed by atoms with Crippen LogP contribution in [0.1, 0.15) is 18.9 Å². The Morgan fingerprint density at radius 2 is 1.86 bits per heavy atom. The number of rotatable bonds is 4. The number of fused-ring (bicyclic) bond motifs is 1. The molecule has 8 heteroatoms. The summed E-state index contributed by atoms with van der Waals surface area (Å²) in [6.07, 6.45) is 0.585. The van der Waals surface area contributed by atoms with E-state index in [0.29, 0.717) is 29.7 Å². The number of para-hydroxylation sites is 1. The van der Waals surface area contributed by atoms with Crippen molar-refractivity contribution >= 4 is 22.6 Å². The second-order valence-electron chi connectivity index (χ2n) is 7.10. The van der Waals surface area contributed by atoms with Gasteiger partial charge in [0.25, 0.3) is 5.56 Å². The molecule has 0 radical (unpaired) electrons. The molecule has 2 heterocycles. The highest BCUT2D eigenvalue weighted by Gasteiger charge is 2.24. The molecule has 0 spiro atoms. The third-order valence-electron chi connectivity index (χ3n) is 4.91. The van der Waals surface area contributed by atoms with E-state index in [1.807, 2.05) is 42.3 Å². The normalized spacial score (nSPS) is 16.1. The monoisotopic (exact) mass is 391 g/mol. The molecule has 0 aliphatic carbocycles. The largest absolute Gasteiger partial charge is 0.329 e. The van der Waals surface area contributed by atoms with Crippen molar-refractivity contribution in [3.05, 3.63) is 81.0 Å². The third kappa shape index (κ3) is 3.96. The van der Waals surface area contributed by atoms with Crippen molar-refractivity contribution < 1.29 is 4.79 Å². The van der Waals surface area contributed by atoms with Crippen LogP contribution in [0.25, 0.3) is 10.9 Å². The Balaban J connectivity index is 1.48. The standard InChI is InChI=1S/C21H21N5O3/c1-14-11-18(24-26(14)12-15-7-3-2-4-8-15)23-19(27)13-25-20(28)16-9-5-6-10-17(16)22-21(25)29/h2-10,14H,11-13H2,1H3,(H,22,29)(H,23,24,27)/t14-/m0/s1. The van der Waals surface area contributed by atoms with Gasteiger partial charge in [-0.3, -0.25) is 19.2 Å². The first-order valence-corrected chi connectivity index (χ1v) is 9.41. The maximum Gasteiger partial charge on any atom is 0.329 e. The number of aromatic amines is 1. The Morgan fingerprint density at radius 1 is 1.14 bits per heavy atom. The van der Waals surface area contributed by atoms with Crippen molar-refractivity contribution in [1.82, 2.24) is 19.9 Å². The number of carbonyl (C=O) groups excluding carboxylic acids is 1. The van der Waals surface area contributed by atoms with Crippen LogP contribution in [0, 0.1) is 0 Å². The number of H-pyrrole nitrogens is 1. The van der Waals surface area contributed by atoms with Crippen molar-refractivity contribution in [3.8, 4) is 0 Å². The van der Waals surface area contributed by atoms with Gasteiger partial charge >= 0.3 is 5.69 Å². The van der Waals surface area contributed by atoms with Crippen LogP contribution in [-0.2, 0) is 17.9 Å². The zero-order chi connectivity index (χ0) is 20.4. The van der Waals surface area contributed by atoms with Crippen LogP contribution in [0.5, 0.6) is 0 Å². The van der Waals surface area contributed by atoms with Gasteiger partial charge in [0.2, 0.25) is 5.91 Å². The summed E-state index contributed by atoms with van der Waals surface area (Å²) in [5, 5.41) is 9.50. The SMILES string of the molecule is C[C@H]1CC(NC(=O)Cn2c(=O)[nH]c3ccccc3c2=O)=NN1Cc1ccccc1. The van der Waals surface area contributed by atoms with Gasteiger partial charge in [-0.2, -0.15) is 5.10 Å². The van der Waals surface area contributed by atoms with Gasteiger partial charge in [0, 0.05) is 6.42 Å². The minimum absolute atomic E-state index is 0.136. The second kappa shape index (κ2) is 7.75. The van der Waals surface area contributed by atoms with Gasteiger partial charge in [-0.15, -0.1) is 0 Å². The molecule has 2 aromatic carbocycles. The first kappa shape index (κ1) is 18.7. The average Bonchev–Trinajstić information content (AvgIpc) is 3.04. The third-order valence-corrected chi connectivity index (χ3v) is 4.91. The van der Waals surface area contributed by atoms with Crippen molar-refractivity contribution in [2.45, 2.75) is 32.5 Å². The lowest BCUT2D eigenvalue weighted by Gasteiger charge is -2.19. The zero-order valence-electron chi connectivity index (χ0n) is 16.0. The average molecular weight is 391 g/mol. The summed E-state index contributed by atoms with van der Waals surface area (Å²) in [6, 6.07) is 16.8. The Bertz CT molecular complexity index is 1200. The molecule has 4 rings (SSSR count). The number of hydrogen-bond donors (Lipinski definition) is 2. The summed E-state index contributed by atoms with van der Waals surface area (Å²) in [6.45, 7) is 2.31. The van der Waals surface area contributed by atoms with Gasteiger partial charge in [0.05, 0.1) is 23.5 Å². The number of nitrogens with zero attached hydrogens (tertiary/aromatic N) is 3. The van der Waals surface area contributed by atoms with E-state index in [9.17, 15) is 14.4 Å². The Morgan fingerprint density at radius 3 is 2.66 bits per heavy atom. The van der Waals surface area contributed by atoms with Crippen LogP contribution in [-0.4, -0.2) is 32.3 Å². The summed E-state index contributed by atoms with van der Waals surface area (Å²) < 4.78 is 0.901. The molecule has 0 saturated heterocycles. The number of hydrazone groups is 1. The minimum Gasteiger partial charge on any atom is -0.311 e. The Kier molecular flexibility index (Phi) is 4.99. The summed E-state index contributed by atoms with van der Waals surface area (Å²) >= 11 is 0. The molecular weight excluding hydrogens is 370 g/mol. The summed E-state index contributed by atoms with van der Waals surface area (Å²) in [4.78, 5) is 39.9. The van der Waals surface area contributed by atoms with E-state index in [-0.39, 0.29) is 12.6 Å². The van der Waals surface area contributed by atoms with E-state index in [1.165, 1.54) is 0 Å². The lowest BCUT2D eigenvalue weighted by atomic mass is 10.2. The zero-order valence-corrected chi connectivity index (χ0v) is 16.0. The molecule has 2 N–H and O–H groups in total. The summed E-state index contributed by atoms with van der Waals surface area (Å²) in [5.41, 5.74) is 0.470. The van der Waals surface area contributed by atoms with Crippen LogP contribution < -0.4 is 16.6 Å². The van der Waals surface area contributed by atoms with Crippen LogP contribution in [0.2, 0.25) is 0 Å². The predicted molar refractivity (Wildman–Crippen MR) is 110 cm³/mol. The molecule has 0 bridgehead atoms. The highest BCUT2D eigenvalue weighted by atomic mass is 16.2. The van der Waals surface area contributed by atoms with Gasteiger partial charge in [0.1, 0.15) is 12.4 Å². The van der Waals surface area contributed by atoms with E-state index in [2.05, 4.69) is 15.4 Å². The molecule has 1 amide bonds. The molecule has 8 nitrogen and oxygen atoms in total. The van der Waals surface area contributed by atoms with E-state index in [1.54, 1.807) is 24.3 Å². The molecule has 148 valence electrons. The first-order valence-electron chi connectivity index (χ1n) is 9.41. The number of hydrogen-bond acceptors (Lipinski definition) is 5. The quantitative estimate of drug-likeness (QED) is 0.702. The van der Waals surface area contributed by atoms with E-state index < -0.39 is 17.2 Å². The number of carbonyl (C=O) groups is 1. The number of amides is 1. The highest BCUT2D eigenvalue weighted by Crippen LogP contribution is 2.17. The molecule has 3 aromatic rings. The Labute approximate surface area is 166 Å². The fourth-order valence-corrected chi connectivity index (χ4v) is 3.40. The van der Waals surface area contributed by atoms with Crippen LogP contribution in [0.3, 0.4) is 0 Å². The summed E-state index contributed by atoms with van der Waals surface area (Å²) in [5.74, 6) is 0.0732. The Hall–Kier alpha value is -3.68. The van der Waals surface area contributed by atoms with Gasteiger partial charge in [-0.05, 0) is 24.6 Å². The molecular formula is C21H21N5O3. The van der Waals surface area contributed by atoms with Crippen molar-refractivity contribution in [1.29, 1.82) is 0 Å². The first-order chi connectivity index (χ1) is 14.0. The number of aromatic nitrogens is 2. The molecule has 29 heavy (non-hydrogen) atoms. The number of benzene rings is 2. The van der Waals surface area contributed by atoms with Crippen LogP contribution in [0.4, 0.5) is 0 Å². The highest BCUT2D eigenvalue weighted by molar-refractivity contribution is 5.98.